The summed E-state index contributed by atoms with van der Waals surface area (Å²) in [5.74, 6) is 1.92. The van der Waals surface area contributed by atoms with Gasteiger partial charge in [-0.1, -0.05) is 6.07 Å². The molecule has 35 heavy (non-hydrogen) atoms. The molecule has 6 rings (SSSR count). The molecule has 10 nitrogen and oxygen atoms in total. The molecule has 0 saturated carbocycles. The zero-order chi connectivity index (χ0) is 23.9. The molecule has 0 spiro atoms. The van der Waals surface area contributed by atoms with Crippen molar-refractivity contribution < 1.29 is 23.7 Å². The number of carbonyl (C=O) groups excluding carboxylic acids is 1. The Morgan fingerprint density at radius 1 is 0.886 bits per heavy atom. The average Bonchev–Trinajstić information content (AvgIpc) is 3.54. The van der Waals surface area contributed by atoms with Crippen LogP contribution in [0.3, 0.4) is 0 Å². The van der Waals surface area contributed by atoms with Crippen molar-refractivity contribution in [1.29, 1.82) is 0 Å². The molecule has 2 aromatic carbocycles. The largest absolute Gasteiger partial charge is 0.486 e. The lowest BCUT2D eigenvalue weighted by Crippen LogP contribution is -2.41. The Kier molecular flexibility index (Phi) is 5.18. The first-order valence-corrected chi connectivity index (χ1v) is 11.7. The van der Waals surface area contributed by atoms with Gasteiger partial charge in [-0.25, -0.2) is 4.79 Å². The summed E-state index contributed by atoms with van der Waals surface area (Å²) >= 11 is 1.23. The lowest BCUT2D eigenvalue weighted by atomic mass is 10.2. The number of ether oxygens (including phenoxy) is 4. The Bertz CT molecular complexity index is 1590. The summed E-state index contributed by atoms with van der Waals surface area (Å²) in [6.07, 6.45) is 0. The van der Waals surface area contributed by atoms with Gasteiger partial charge in [0.25, 0.3) is 5.56 Å². The van der Waals surface area contributed by atoms with Gasteiger partial charge >= 0.3 is 5.69 Å². The van der Waals surface area contributed by atoms with Crippen LogP contribution in [0.15, 0.2) is 57.4 Å². The molecule has 0 bridgehead atoms. The summed E-state index contributed by atoms with van der Waals surface area (Å²) in [5.41, 5.74) is 0.667. The predicted octanol–water partition coefficient (Wildman–Crippen LogP) is 2.41. The summed E-state index contributed by atoms with van der Waals surface area (Å²) in [4.78, 5) is 39.4. The lowest BCUT2D eigenvalue weighted by molar-refractivity contribution is -0.116. The minimum atomic E-state index is -0.573. The van der Waals surface area contributed by atoms with Crippen molar-refractivity contribution in [1.82, 2.24) is 9.13 Å². The van der Waals surface area contributed by atoms with E-state index < -0.39 is 17.2 Å². The van der Waals surface area contributed by atoms with E-state index in [9.17, 15) is 14.4 Å². The molecule has 2 aliphatic rings. The van der Waals surface area contributed by atoms with E-state index >= 15 is 0 Å². The van der Waals surface area contributed by atoms with Crippen LogP contribution < -0.4 is 35.5 Å². The van der Waals surface area contributed by atoms with Gasteiger partial charge < -0.3 is 24.3 Å². The molecule has 1 N–H and O–H groups in total. The van der Waals surface area contributed by atoms with Gasteiger partial charge in [-0.05, 0) is 41.3 Å². The SMILES string of the molecule is O=C(Cn1c(=O)n(Cc2ccc3c(c2)OCO3)c(=O)c2sccc21)Nc1ccc2c(c1)OCCO2. The van der Waals surface area contributed by atoms with Crippen LogP contribution in [0, 0.1) is 0 Å². The number of amides is 1. The van der Waals surface area contributed by atoms with E-state index in [0.717, 1.165) is 4.57 Å². The van der Waals surface area contributed by atoms with Gasteiger partial charge in [0.2, 0.25) is 12.7 Å². The molecule has 0 radical (unpaired) electrons. The van der Waals surface area contributed by atoms with E-state index in [4.69, 9.17) is 18.9 Å². The maximum absolute atomic E-state index is 13.4. The molecule has 0 saturated heterocycles. The molecular weight excluding hydrogens is 474 g/mol. The number of anilines is 1. The predicted molar refractivity (Wildman–Crippen MR) is 128 cm³/mol. The Balaban J connectivity index is 1.31. The first-order chi connectivity index (χ1) is 17.1. The third-order valence-corrected chi connectivity index (χ3v) is 6.63. The Hall–Kier alpha value is -4.25. The zero-order valence-electron chi connectivity index (χ0n) is 18.3. The average molecular weight is 493 g/mol. The molecule has 178 valence electrons. The van der Waals surface area contributed by atoms with E-state index in [1.54, 1.807) is 47.8 Å². The van der Waals surface area contributed by atoms with Crippen LogP contribution in [0.5, 0.6) is 23.0 Å². The number of nitrogens with zero attached hydrogens (tertiary/aromatic N) is 2. The second kappa shape index (κ2) is 8.51. The number of benzene rings is 2. The molecule has 1 amide bonds. The smallest absolute Gasteiger partial charge is 0.332 e. The van der Waals surface area contributed by atoms with E-state index in [2.05, 4.69) is 5.32 Å². The van der Waals surface area contributed by atoms with E-state index in [1.807, 2.05) is 0 Å². The Morgan fingerprint density at radius 3 is 2.51 bits per heavy atom. The van der Waals surface area contributed by atoms with Crippen molar-refractivity contribution in [2.24, 2.45) is 0 Å². The van der Waals surface area contributed by atoms with Gasteiger partial charge in [0.15, 0.2) is 23.0 Å². The fraction of sp³-hybridized carbons (Fsp3) is 0.208. The number of aromatic nitrogens is 2. The molecule has 4 aromatic rings. The Morgan fingerprint density at radius 2 is 1.63 bits per heavy atom. The summed E-state index contributed by atoms with van der Waals surface area (Å²) < 4.78 is 24.6. The third kappa shape index (κ3) is 3.89. The maximum atomic E-state index is 13.4. The van der Waals surface area contributed by atoms with E-state index in [-0.39, 0.29) is 19.9 Å². The van der Waals surface area contributed by atoms with Crippen LogP contribution in [-0.2, 0) is 17.9 Å². The third-order valence-electron chi connectivity index (χ3n) is 5.74. The first kappa shape index (κ1) is 21.3. The van der Waals surface area contributed by atoms with Crippen molar-refractivity contribution in [3.63, 3.8) is 0 Å². The summed E-state index contributed by atoms with van der Waals surface area (Å²) in [6.45, 7) is 0.806. The molecule has 2 aliphatic heterocycles. The van der Waals surface area contributed by atoms with Crippen LogP contribution in [0.1, 0.15) is 5.56 Å². The van der Waals surface area contributed by atoms with E-state index in [0.29, 0.717) is 57.7 Å². The summed E-state index contributed by atoms with van der Waals surface area (Å²) in [7, 11) is 0. The van der Waals surface area contributed by atoms with Crippen LogP contribution in [-0.4, -0.2) is 35.0 Å². The van der Waals surface area contributed by atoms with Crippen LogP contribution in [0.25, 0.3) is 10.2 Å². The van der Waals surface area contributed by atoms with Crippen molar-refractivity contribution in [3.8, 4) is 23.0 Å². The number of rotatable bonds is 5. The van der Waals surface area contributed by atoms with Crippen LogP contribution in [0.4, 0.5) is 5.69 Å². The molecule has 0 fully saturated rings. The Labute approximate surface area is 201 Å². The topological polar surface area (TPSA) is 110 Å². The number of thiophene rings is 1. The molecule has 0 aliphatic carbocycles. The highest BCUT2D eigenvalue weighted by atomic mass is 32.1. The second-order valence-corrected chi connectivity index (χ2v) is 8.91. The number of nitrogens with one attached hydrogen (secondary N) is 1. The minimum absolute atomic E-state index is 0.0337. The molecule has 4 heterocycles. The van der Waals surface area contributed by atoms with Crippen molar-refractivity contribution in [3.05, 3.63) is 74.2 Å². The number of fused-ring (bicyclic) bond motifs is 3. The van der Waals surface area contributed by atoms with Gasteiger partial charge in [0, 0.05) is 11.8 Å². The number of hydrogen-bond acceptors (Lipinski definition) is 8. The van der Waals surface area contributed by atoms with Gasteiger partial charge in [-0.2, -0.15) is 0 Å². The van der Waals surface area contributed by atoms with E-state index in [1.165, 1.54) is 15.9 Å². The van der Waals surface area contributed by atoms with Gasteiger partial charge in [-0.3, -0.25) is 18.7 Å². The normalized spacial score (nSPS) is 13.7. The molecule has 0 unspecified atom stereocenters. The van der Waals surface area contributed by atoms with Crippen molar-refractivity contribution in [2.75, 3.05) is 25.3 Å². The number of hydrogen-bond donors (Lipinski definition) is 1. The highest BCUT2D eigenvalue weighted by Crippen LogP contribution is 2.33. The quantitative estimate of drug-likeness (QED) is 0.455. The first-order valence-electron chi connectivity index (χ1n) is 10.9. The fourth-order valence-corrected chi connectivity index (χ4v) is 4.96. The molecule has 0 atom stereocenters. The molecule has 11 heteroatoms. The highest BCUT2D eigenvalue weighted by molar-refractivity contribution is 7.17. The lowest BCUT2D eigenvalue weighted by Gasteiger charge is -2.19. The standard InChI is InChI=1S/C24H19N3O7S/c28-21(25-15-2-4-17-20(10-15)32-7-6-31-17)12-26-16-5-8-35-22(16)23(29)27(24(26)30)11-14-1-3-18-19(9-14)34-13-33-18/h1-5,8-10H,6-7,11-13H2,(H,25,28). The van der Waals surface area contributed by atoms with Crippen molar-refractivity contribution >= 4 is 33.1 Å². The van der Waals surface area contributed by atoms with Crippen molar-refractivity contribution in [2.45, 2.75) is 13.1 Å². The minimum Gasteiger partial charge on any atom is -0.486 e. The monoisotopic (exact) mass is 493 g/mol. The van der Waals surface area contributed by atoms with Gasteiger partial charge in [0.1, 0.15) is 24.5 Å². The zero-order valence-corrected chi connectivity index (χ0v) is 19.1. The second-order valence-electron chi connectivity index (χ2n) is 7.99. The maximum Gasteiger partial charge on any atom is 0.332 e. The fourth-order valence-electron chi connectivity index (χ4n) is 4.11. The highest BCUT2D eigenvalue weighted by Gasteiger charge is 2.19. The summed E-state index contributed by atoms with van der Waals surface area (Å²) in [6, 6.07) is 12.0. The van der Waals surface area contributed by atoms with Gasteiger partial charge in [0.05, 0.1) is 12.1 Å². The van der Waals surface area contributed by atoms with Crippen LogP contribution in [0.2, 0.25) is 0 Å². The number of carbonyl (C=O) groups is 1. The summed E-state index contributed by atoms with van der Waals surface area (Å²) in [5, 5.41) is 4.52. The van der Waals surface area contributed by atoms with Crippen LogP contribution >= 0.6 is 11.3 Å². The molecule has 2 aromatic heterocycles. The molecular formula is C24H19N3O7S. The van der Waals surface area contributed by atoms with Gasteiger partial charge in [-0.15, -0.1) is 11.3 Å².